The van der Waals surface area contributed by atoms with E-state index < -0.39 is 12.0 Å². The highest BCUT2D eigenvalue weighted by Crippen LogP contribution is 2.30. The van der Waals surface area contributed by atoms with Gasteiger partial charge in [-0.1, -0.05) is 24.9 Å². The number of rotatable bonds is 5. The number of aliphatic carboxylic acids is 1. The fourth-order valence-electron chi connectivity index (χ4n) is 1.49. The summed E-state index contributed by atoms with van der Waals surface area (Å²) < 4.78 is 0.821. The monoisotopic (exact) mass is 319 g/mol. The second-order valence-corrected chi connectivity index (χ2v) is 5.17. The standard InChI is InChI=1S/C12H15BrClNO2/c1-3-4-10(12(16)17)15-11-6-9(14)7(2)5-8(11)13/h5-6,10,15H,3-4H2,1-2H3,(H,16,17). The molecule has 0 aliphatic heterocycles. The van der Waals surface area contributed by atoms with E-state index in [1.54, 1.807) is 6.07 Å². The molecule has 0 fully saturated rings. The van der Waals surface area contributed by atoms with Gasteiger partial charge >= 0.3 is 5.97 Å². The Bertz CT molecular complexity index is 423. The minimum absolute atomic E-state index is 0.577. The van der Waals surface area contributed by atoms with Crippen molar-refractivity contribution in [1.82, 2.24) is 0 Å². The third kappa shape index (κ3) is 3.89. The van der Waals surface area contributed by atoms with Crippen molar-refractivity contribution >= 4 is 39.2 Å². The molecule has 0 aromatic heterocycles. The van der Waals surface area contributed by atoms with E-state index in [-0.39, 0.29) is 0 Å². The van der Waals surface area contributed by atoms with Gasteiger partial charge in [-0.3, -0.25) is 0 Å². The molecule has 17 heavy (non-hydrogen) atoms. The van der Waals surface area contributed by atoms with Crippen molar-refractivity contribution in [2.45, 2.75) is 32.7 Å². The van der Waals surface area contributed by atoms with E-state index in [1.807, 2.05) is 19.9 Å². The first-order chi connectivity index (χ1) is 7.95. The maximum atomic E-state index is 11.0. The molecule has 0 saturated carbocycles. The Hall–Kier alpha value is -0.740. The molecule has 5 heteroatoms. The summed E-state index contributed by atoms with van der Waals surface area (Å²) in [5, 5.41) is 12.7. The molecular formula is C12H15BrClNO2. The van der Waals surface area contributed by atoms with E-state index in [0.29, 0.717) is 17.1 Å². The second-order valence-electron chi connectivity index (χ2n) is 3.91. The average Bonchev–Trinajstić information content (AvgIpc) is 2.24. The average molecular weight is 321 g/mol. The maximum absolute atomic E-state index is 11.0. The lowest BCUT2D eigenvalue weighted by molar-refractivity contribution is -0.138. The van der Waals surface area contributed by atoms with Gasteiger partial charge in [0.1, 0.15) is 6.04 Å². The van der Waals surface area contributed by atoms with Gasteiger partial charge in [-0.2, -0.15) is 0 Å². The number of carboxylic acid groups (broad SMARTS) is 1. The lowest BCUT2D eigenvalue weighted by Gasteiger charge is -2.17. The Morgan fingerprint density at radius 1 is 1.59 bits per heavy atom. The Kier molecular flexibility index (Phi) is 5.28. The summed E-state index contributed by atoms with van der Waals surface area (Å²) in [4.78, 5) is 11.0. The van der Waals surface area contributed by atoms with Crippen LogP contribution in [0.3, 0.4) is 0 Å². The molecule has 1 aromatic carbocycles. The largest absolute Gasteiger partial charge is 0.480 e. The predicted molar refractivity (Wildman–Crippen MR) is 73.8 cm³/mol. The molecule has 1 aromatic rings. The Balaban J connectivity index is 2.93. The number of benzene rings is 1. The van der Waals surface area contributed by atoms with Crippen LogP contribution in [0.4, 0.5) is 5.69 Å². The molecule has 2 N–H and O–H groups in total. The van der Waals surface area contributed by atoms with Crippen molar-refractivity contribution < 1.29 is 9.90 Å². The van der Waals surface area contributed by atoms with Crippen molar-refractivity contribution in [1.29, 1.82) is 0 Å². The predicted octanol–water partition coefficient (Wildman–Crippen LogP) is 4.08. The number of nitrogens with one attached hydrogen (secondary N) is 1. The molecule has 0 aliphatic carbocycles. The van der Waals surface area contributed by atoms with Crippen LogP contribution >= 0.6 is 27.5 Å². The highest BCUT2D eigenvalue weighted by Gasteiger charge is 2.17. The van der Waals surface area contributed by atoms with Crippen molar-refractivity contribution in [3.63, 3.8) is 0 Å². The van der Waals surface area contributed by atoms with Gasteiger partial charge in [-0.15, -0.1) is 0 Å². The van der Waals surface area contributed by atoms with Gasteiger partial charge in [0.2, 0.25) is 0 Å². The summed E-state index contributed by atoms with van der Waals surface area (Å²) >= 11 is 9.41. The highest BCUT2D eigenvalue weighted by molar-refractivity contribution is 9.10. The van der Waals surface area contributed by atoms with E-state index in [2.05, 4.69) is 21.2 Å². The molecule has 0 radical (unpaired) electrons. The molecule has 1 rings (SSSR count). The first-order valence-electron chi connectivity index (χ1n) is 5.40. The summed E-state index contributed by atoms with van der Waals surface area (Å²) in [7, 11) is 0. The fraction of sp³-hybridized carbons (Fsp3) is 0.417. The minimum atomic E-state index is -0.851. The molecule has 1 unspecified atom stereocenters. The molecule has 0 saturated heterocycles. The van der Waals surface area contributed by atoms with Crippen molar-refractivity contribution in [2.75, 3.05) is 5.32 Å². The molecule has 0 spiro atoms. The van der Waals surface area contributed by atoms with Gasteiger partial charge in [-0.05, 0) is 47.0 Å². The highest BCUT2D eigenvalue weighted by atomic mass is 79.9. The van der Waals surface area contributed by atoms with Gasteiger partial charge in [-0.25, -0.2) is 4.79 Å². The first-order valence-corrected chi connectivity index (χ1v) is 6.57. The lowest BCUT2D eigenvalue weighted by Crippen LogP contribution is -2.29. The van der Waals surface area contributed by atoms with Crippen molar-refractivity contribution in [3.05, 3.63) is 27.2 Å². The normalized spacial score (nSPS) is 12.2. The molecule has 0 bridgehead atoms. The number of aryl methyl sites for hydroxylation is 1. The van der Waals surface area contributed by atoms with Gasteiger partial charge < -0.3 is 10.4 Å². The molecular weight excluding hydrogens is 305 g/mol. The van der Waals surface area contributed by atoms with Crippen LogP contribution in [-0.4, -0.2) is 17.1 Å². The van der Waals surface area contributed by atoms with Crippen LogP contribution in [0.2, 0.25) is 5.02 Å². The maximum Gasteiger partial charge on any atom is 0.326 e. The summed E-state index contributed by atoms with van der Waals surface area (Å²) in [6.07, 6.45) is 1.38. The minimum Gasteiger partial charge on any atom is -0.480 e. The third-order valence-corrected chi connectivity index (χ3v) is 3.52. The topological polar surface area (TPSA) is 49.3 Å². The zero-order valence-electron chi connectivity index (χ0n) is 9.76. The smallest absolute Gasteiger partial charge is 0.326 e. The lowest BCUT2D eigenvalue weighted by atomic mass is 10.1. The Morgan fingerprint density at radius 2 is 2.24 bits per heavy atom. The number of anilines is 1. The van der Waals surface area contributed by atoms with Gasteiger partial charge in [0.05, 0.1) is 5.69 Å². The van der Waals surface area contributed by atoms with Crippen LogP contribution in [-0.2, 0) is 4.79 Å². The SMILES string of the molecule is CCCC(Nc1cc(Cl)c(C)cc1Br)C(=O)O. The molecule has 1 atom stereocenters. The van der Waals surface area contributed by atoms with E-state index in [1.165, 1.54) is 0 Å². The first kappa shape index (κ1) is 14.3. The number of halogens is 2. The van der Waals surface area contributed by atoms with Gasteiger partial charge in [0.25, 0.3) is 0 Å². The quantitative estimate of drug-likeness (QED) is 0.859. The summed E-state index contributed by atoms with van der Waals surface area (Å²) in [6.45, 7) is 3.85. The number of hydrogen-bond acceptors (Lipinski definition) is 2. The third-order valence-electron chi connectivity index (χ3n) is 2.45. The zero-order chi connectivity index (χ0) is 13.0. The van der Waals surface area contributed by atoms with Crippen molar-refractivity contribution in [2.24, 2.45) is 0 Å². The molecule has 0 heterocycles. The van der Waals surface area contributed by atoms with Crippen LogP contribution in [0, 0.1) is 6.92 Å². The number of carboxylic acids is 1. The Labute approximate surface area is 114 Å². The van der Waals surface area contributed by atoms with Gasteiger partial charge in [0, 0.05) is 9.50 Å². The number of carbonyl (C=O) groups is 1. The molecule has 3 nitrogen and oxygen atoms in total. The van der Waals surface area contributed by atoms with E-state index in [9.17, 15) is 4.79 Å². The van der Waals surface area contributed by atoms with Crippen LogP contribution in [0.25, 0.3) is 0 Å². The molecule has 0 aliphatic rings. The van der Waals surface area contributed by atoms with Crippen molar-refractivity contribution in [3.8, 4) is 0 Å². The Morgan fingerprint density at radius 3 is 2.76 bits per heavy atom. The summed E-state index contributed by atoms with van der Waals surface area (Å²) in [5.74, 6) is -0.851. The van der Waals surface area contributed by atoms with E-state index >= 15 is 0 Å². The summed E-state index contributed by atoms with van der Waals surface area (Å²) in [5.41, 5.74) is 1.66. The van der Waals surface area contributed by atoms with Crippen LogP contribution in [0.5, 0.6) is 0 Å². The van der Waals surface area contributed by atoms with Gasteiger partial charge in [0.15, 0.2) is 0 Å². The van der Waals surface area contributed by atoms with E-state index in [0.717, 1.165) is 16.5 Å². The molecule has 94 valence electrons. The second kappa shape index (κ2) is 6.26. The van der Waals surface area contributed by atoms with Crippen LogP contribution in [0.1, 0.15) is 25.3 Å². The number of hydrogen-bond donors (Lipinski definition) is 2. The zero-order valence-corrected chi connectivity index (χ0v) is 12.1. The summed E-state index contributed by atoms with van der Waals surface area (Å²) in [6, 6.07) is 3.03. The van der Waals surface area contributed by atoms with Crippen LogP contribution < -0.4 is 5.32 Å². The molecule has 0 amide bonds. The van der Waals surface area contributed by atoms with E-state index in [4.69, 9.17) is 16.7 Å². The van der Waals surface area contributed by atoms with Crippen LogP contribution in [0.15, 0.2) is 16.6 Å². The fourth-order valence-corrected chi connectivity index (χ4v) is 2.23.